The molecule has 0 atom stereocenters. The van der Waals surface area contributed by atoms with E-state index in [1.165, 1.54) is 12.1 Å². The maximum atomic E-state index is 13.5. The standard InChI is InChI=1S/C15H20FN5O/c1-9-7-10(16)12(22)8-11(9)21-14(18)19-13(17)20-15(21)5-3-2-4-6-15/h7-8,22H,2-6H2,1H3,(H4,17,18,19,20). The van der Waals surface area contributed by atoms with Gasteiger partial charge in [-0.05, 0) is 44.2 Å². The van der Waals surface area contributed by atoms with Crippen molar-refractivity contribution in [2.45, 2.75) is 44.7 Å². The number of nitrogens with zero attached hydrogens (tertiary/aromatic N) is 3. The van der Waals surface area contributed by atoms with Gasteiger partial charge in [0.15, 0.2) is 11.6 Å². The summed E-state index contributed by atoms with van der Waals surface area (Å²) in [7, 11) is 0. The minimum absolute atomic E-state index is 0.166. The molecule has 118 valence electrons. The minimum Gasteiger partial charge on any atom is -0.505 e. The smallest absolute Gasteiger partial charge is 0.220 e. The quantitative estimate of drug-likeness (QED) is 0.738. The van der Waals surface area contributed by atoms with Crippen molar-refractivity contribution in [1.29, 1.82) is 0 Å². The van der Waals surface area contributed by atoms with Gasteiger partial charge in [0, 0.05) is 6.07 Å². The molecule has 1 saturated carbocycles. The average molecular weight is 305 g/mol. The van der Waals surface area contributed by atoms with E-state index in [2.05, 4.69) is 9.98 Å². The maximum Gasteiger partial charge on any atom is 0.220 e. The number of aromatic hydroxyl groups is 1. The number of benzene rings is 1. The zero-order valence-electron chi connectivity index (χ0n) is 12.5. The second kappa shape index (κ2) is 5.15. The van der Waals surface area contributed by atoms with Gasteiger partial charge in [0.1, 0.15) is 5.66 Å². The van der Waals surface area contributed by atoms with Crippen molar-refractivity contribution < 1.29 is 9.50 Å². The number of hydrogen-bond donors (Lipinski definition) is 3. The summed E-state index contributed by atoms with van der Waals surface area (Å²) in [4.78, 5) is 10.4. The minimum atomic E-state index is -0.658. The highest BCUT2D eigenvalue weighted by Crippen LogP contribution is 2.41. The van der Waals surface area contributed by atoms with E-state index >= 15 is 0 Å². The van der Waals surface area contributed by atoms with Gasteiger partial charge in [0.25, 0.3) is 0 Å². The zero-order chi connectivity index (χ0) is 15.9. The average Bonchev–Trinajstić information content (AvgIpc) is 2.44. The molecule has 0 saturated heterocycles. The third-order valence-corrected chi connectivity index (χ3v) is 4.36. The number of aryl methyl sites for hydroxylation is 1. The first-order valence-corrected chi connectivity index (χ1v) is 7.42. The highest BCUT2D eigenvalue weighted by Gasteiger charge is 2.43. The number of rotatable bonds is 1. The van der Waals surface area contributed by atoms with Gasteiger partial charge in [-0.2, -0.15) is 4.99 Å². The summed E-state index contributed by atoms with van der Waals surface area (Å²) in [6.45, 7) is 1.77. The van der Waals surface area contributed by atoms with Crippen LogP contribution in [0.25, 0.3) is 0 Å². The number of guanidine groups is 2. The zero-order valence-corrected chi connectivity index (χ0v) is 12.5. The molecule has 1 aliphatic carbocycles. The highest BCUT2D eigenvalue weighted by molar-refractivity contribution is 6.06. The van der Waals surface area contributed by atoms with Crippen molar-refractivity contribution in [3.05, 3.63) is 23.5 Å². The fraction of sp³-hybridized carbons (Fsp3) is 0.467. The number of anilines is 1. The number of hydrogen-bond acceptors (Lipinski definition) is 6. The van der Waals surface area contributed by atoms with Gasteiger partial charge >= 0.3 is 0 Å². The fourth-order valence-corrected chi connectivity index (χ4v) is 3.36. The lowest BCUT2D eigenvalue weighted by atomic mass is 9.87. The van der Waals surface area contributed by atoms with Crippen molar-refractivity contribution in [3.8, 4) is 5.75 Å². The van der Waals surface area contributed by atoms with E-state index in [1.807, 2.05) is 0 Å². The van der Waals surface area contributed by atoms with Gasteiger partial charge < -0.3 is 16.6 Å². The van der Waals surface area contributed by atoms with Crippen LogP contribution in [0.2, 0.25) is 0 Å². The third-order valence-electron chi connectivity index (χ3n) is 4.36. The molecule has 0 bridgehead atoms. The molecule has 22 heavy (non-hydrogen) atoms. The number of halogens is 1. The molecule has 2 aliphatic rings. The van der Waals surface area contributed by atoms with Crippen molar-refractivity contribution in [2.24, 2.45) is 21.5 Å². The van der Waals surface area contributed by atoms with Crippen LogP contribution in [-0.2, 0) is 0 Å². The fourth-order valence-electron chi connectivity index (χ4n) is 3.36. The Labute approximate surface area is 128 Å². The van der Waals surface area contributed by atoms with Crippen molar-refractivity contribution in [3.63, 3.8) is 0 Å². The van der Waals surface area contributed by atoms with Crippen molar-refractivity contribution in [1.82, 2.24) is 0 Å². The normalized spacial score (nSPS) is 20.7. The van der Waals surface area contributed by atoms with E-state index in [0.717, 1.165) is 32.1 Å². The lowest BCUT2D eigenvalue weighted by Crippen LogP contribution is -2.58. The summed E-state index contributed by atoms with van der Waals surface area (Å²) >= 11 is 0. The van der Waals surface area contributed by atoms with Gasteiger partial charge in [-0.3, -0.25) is 4.90 Å². The Morgan fingerprint density at radius 1 is 1.23 bits per heavy atom. The Balaban J connectivity index is 2.14. The lowest BCUT2D eigenvalue weighted by molar-refractivity contribution is 0.305. The van der Waals surface area contributed by atoms with E-state index in [9.17, 15) is 9.50 Å². The maximum absolute atomic E-state index is 13.5. The Kier molecular flexibility index (Phi) is 3.42. The number of phenolic OH excluding ortho intramolecular Hbond substituents is 1. The van der Waals surface area contributed by atoms with Crippen LogP contribution < -0.4 is 16.4 Å². The molecule has 0 aromatic heterocycles. The predicted octanol–water partition coefficient (Wildman–Crippen LogP) is 1.95. The predicted molar refractivity (Wildman–Crippen MR) is 84.3 cm³/mol. The topological polar surface area (TPSA) is 100 Å². The molecule has 1 fully saturated rings. The third kappa shape index (κ3) is 2.26. The SMILES string of the molecule is Cc1cc(F)c(O)cc1N1C(N)=NC(N)=NC12CCCCC2. The number of phenols is 1. The van der Waals surface area contributed by atoms with Crippen molar-refractivity contribution >= 4 is 17.6 Å². The van der Waals surface area contributed by atoms with Crippen LogP contribution in [-0.4, -0.2) is 22.7 Å². The monoisotopic (exact) mass is 305 g/mol. The Bertz CT molecular complexity index is 664. The summed E-state index contributed by atoms with van der Waals surface area (Å²) in [5.41, 5.74) is 12.6. The largest absolute Gasteiger partial charge is 0.505 e. The molecule has 0 amide bonds. The first-order valence-electron chi connectivity index (χ1n) is 7.42. The van der Waals surface area contributed by atoms with Gasteiger partial charge in [0.2, 0.25) is 11.9 Å². The Hall–Kier alpha value is -2.31. The van der Waals surface area contributed by atoms with Crippen LogP contribution in [0, 0.1) is 12.7 Å². The molecule has 0 unspecified atom stereocenters. The molecule has 7 heteroatoms. The van der Waals surface area contributed by atoms with Crippen molar-refractivity contribution in [2.75, 3.05) is 4.90 Å². The van der Waals surface area contributed by atoms with Gasteiger partial charge in [-0.1, -0.05) is 6.42 Å². The molecule has 1 spiro atoms. The second-order valence-electron chi connectivity index (χ2n) is 5.91. The highest BCUT2D eigenvalue weighted by atomic mass is 19.1. The Morgan fingerprint density at radius 2 is 1.91 bits per heavy atom. The molecular weight excluding hydrogens is 285 g/mol. The van der Waals surface area contributed by atoms with E-state index in [1.54, 1.807) is 11.8 Å². The van der Waals surface area contributed by atoms with E-state index in [4.69, 9.17) is 11.5 Å². The van der Waals surface area contributed by atoms with E-state index in [0.29, 0.717) is 11.3 Å². The summed E-state index contributed by atoms with van der Waals surface area (Å²) in [5.74, 6) is -0.681. The van der Waals surface area contributed by atoms with Gasteiger partial charge in [0.05, 0.1) is 5.69 Å². The van der Waals surface area contributed by atoms with Crippen LogP contribution in [0.5, 0.6) is 5.75 Å². The Morgan fingerprint density at radius 3 is 2.59 bits per heavy atom. The summed E-state index contributed by atoms with van der Waals surface area (Å²) in [6.07, 6.45) is 4.73. The van der Waals surface area contributed by atoms with E-state index < -0.39 is 17.2 Å². The van der Waals surface area contributed by atoms with Crippen LogP contribution >= 0.6 is 0 Å². The van der Waals surface area contributed by atoms with Crippen LogP contribution in [0.15, 0.2) is 22.1 Å². The molecular formula is C15H20FN5O. The van der Waals surface area contributed by atoms with Gasteiger partial charge in [-0.15, -0.1) is 0 Å². The molecule has 1 aromatic rings. The summed E-state index contributed by atoms with van der Waals surface area (Å²) in [5, 5.41) is 9.74. The van der Waals surface area contributed by atoms with E-state index in [-0.39, 0.29) is 11.9 Å². The van der Waals surface area contributed by atoms with Crippen LogP contribution in [0.4, 0.5) is 10.1 Å². The lowest BCUT2D eigenvalue weighted by Gasteiger charge is -2.46. The van der Waals surface area contributed by atoms with Gasteiger partial charge in [-0.25, -0.2) is 9.38 Å². The summed E-state index contributed by atoms with van der Waals surface area (Å²) in [6, 6.07) is 2.66. The molecule has 1 aliphatic heterocycles. The molecule has 1 heterocycles. The number of nitrogens with two attached hydrogens (primary N) is 2. The molecule has 3 rings (SSSR count). The molecule has 0 radical (unpaired) electrons. The summed E-state index contributed by atoms with van der Waals surface area (Å²) < 4.78 is 13.5. The second-order valence-corrected chi connectivity index (χ2v) is 5.91. The first-order chi connectivity index (χ1) is 10.4. The van der Waals surface area contributed by atoms with Crippen LogP contribution in [0.1, 0.15) is 37.7 Å². The number of aliphatic imine (C=N–C) groups is 2. The molecule has 6 nitrogen and oxygen atoms in total. The molecule has 1 aromatic carbocycles. The molecule has 5 N–H and O–H groups in total. The van der Waals surface area contributed by atoms with Crippen LogP contribution in [0.3, 0.4) is 0 Å². The first kappa shape index (κ1) is 14.6.